The molecule has 1 rings (SSSR count). The van der Waals surface area contributed by atoms with Gasteiger partial charge in [-0.1, -0.05) is 53.2 Å². The van der Waals surface area contributed by atoms with Gasteiger partial charge in [0.05, 0.1) is 5.45 Å². The maximum absolute atomic E-state index is 3.50. The molecule has 1 aromatic rings. The standard InChI is InChI=1S/C13H20BrN/c1-2-15(12-14)11-7-6-10-13-8-4-3-5-9-13/h3-5,8-9H,2,6-7,10-12H2,1H3. The van der Waals surface area contributed by atoms with Gasteiger partial charge in [0, 0.05) is 0 Å². The van der Waals surface area contributed by atoms with E-state index in [0.29, 0.717) is 0 Å². The van der Waals surface area contributed by atoms with E-state index in [-0.39, 0.29) is 0 Å². The van der Waals surface area contributed by atoms with Gasteiger partial charge in [0.25, 0.3) is 0 Å². The van der Waals surface area contributed by atoms with E-state index in [0.717, 1.165) is 12.0 Å². The van der Waals surface area contributed by atoms with E-state index in [4.69, 9.17) is 0 Å². The molecular weight excluding hydrogens is 250 g/mol. The first-order chi connectivity index (χ1) is 7.36. The number of benzene rings is 1. The van der Waals surface area contributed by atoms with Gasteiger partial charge in [-0.3, -0.25) is 4.90 Å². The molecule has 0 radical (unpaired) electrons. The van der Waals surface area contributed by atoms with Gasteiger partial charge in [-0.25, -0.2) is 0 Å². The Morgan fingerprint density at radius 3 is 2.47 bits per heavy atom. The first kappa shape index (κ1) is 12.7. The van der Waals surface area contributed by atoms with E-state index < -0.39 is 0 Å². The SMILES string of the molecule is CCN(CBr)CCCCc1ccccc1. The largest absolute Gasteiger partial charge is 0.294 e. The summed E-state index contributed by atoms with van der Waals surface area (Å²) in [4.78, 5) is 2.41. The number of alkyl halides is 1. The smallest absolute Gasteiger partial charge is 0.0542 e. The second-order valence-electron chi connectivity index (χ2n) is 3.77. The number of unbranched alkanes of at least 4 members (excludes halogenated alkanes) is 1. The van der Waals surface area contributed by atoms with Crippen molar-refractivity contribution in [3.63, 3.8) is 0 Å². The molecule has 0 saturated heterocycles. The Hall–Kier alpha value is -0.340. The summed E-state index contributed by atoms with van der Waals surface area (Å²) in [6.07, 6.45) is 3.78. The van der Waals surface area contributed by atoms with Gasteiger partial charge in [-0.15, -0.1) is 0 Å². The van der Waals surface area contributed by atoms with Gasteiger partial charge in [0.15, 0.2) is 0 Å². The van der Waals surface area contributed by atoms with Crippen molar-refractivity contribution in [2.75, 3.05) is 18.5 Å². The van der Waals surface area contributed by atoms with E-state index in [2.05, 4.69) is 58.1 Å². The maximum atomic E-state index is 3.50. The van der Waals surface area contributed by atoms with Gasteiger partial charge in [0.2, 0.25) is 0 Å². The fourth-order valence-electron chi connectivity index (χ4n) is 1.61. The van der Waals surface area contributed by atoms with Crippen LogP contribution in [-0.2, 0) is 6.42 Å². The van der Waals surface area contributed by atoms with Crippen LogP contribution in [-0.4, -0.2) is 23.4 Å². The van der Waals surface area contributed by atoms with E-state index in [1.54, 1.807) is 0 Å². The van der Waals surface area contributed by atoms with Crippen LogP contribution in [0.4, 0.5) is 0 Å². The Morgan fingerprint density at radius 2 is 1.87 bits per heavy atom. The fraction of sp³-hybridized carbons (Fsp3) is 0.538. The third-order valence-electron chi connectivity index (χ3n) is 2.65. The molecule has 1 nitrogen and oxygen atoms in total. The lowest BCUT2D eigenvalue weighted by molar-refractivity contribution is 0.333. The molecular formula is C13H20BrN. The lowest BCUT2D eigenvalue weighted by atomic mass is 10.1. The molecule has 0 aliphatic heterocycles. The first-order valence-corrected chi connectivity index (χ1v) is 6.81. The molecule has 0 bridgehead atoms. The Balaban J connectivity index is 2.12. The van der Waals surface area contributed by atoms with Crippen molar-refractivity contribution in [3.05, 3.63) is 35.9 Å². The molecule has 1 aromatic carbocycles. The molecule has 0 aliphatic rings. The summed E-state index contributed by atoms with van der Waals surface area (Å²) >= 11 is 3.50. The van der Waals surface area contributed by atoms with Crippen molar-refractivity contribution >= 4 is 15.9 Å². The summed E-state index contributed by atoms with van der Waals surface area (Å²) in [7, 11) is 0. The highest BCUT2D eigenvalue weighted by Gasteiger charge is 1.99. The van der Waals surface area contributed by atoms with Crippen LogP contribution in [0.15, 0.2) is 30.3 Å². The monoisotopic (exact) mass is 269 g/mol. The zero-order chi connectivity index (χ0) is 10.9. The van der Waals surface area contributed by atoms with Crippen molar-refractivity contribution in [2.24, 2.45) is 0 Å². The van der Waals surface area contributed by atoms with Crippen LogP contribution in [0.1, 0.15) is 25.3 Å². The third kappa shape index (κ3) is 5.33. The summed E-state index contributed by atoms with van der Waals surface area (Å²) in [5, 5.41) is 0. The maximum Gasteiger partial charge on any atom is 0.0542 e. The highest BCUT2D eigenvalue weighted by molar-refractivity contribution is 9.09. The molecule has 0 unspecified atom stereocenters. The minimum atomic E-state index is 0.995. The Kier molecular flexibility index (Phi) is 6.69. The summed E-state index contributed by atoms with van der Waals surface area (Å²) in [6.45, 7) is 4.55. The van der Waals surface area contributed by atoms with E-state index in [1.807, 2.05) is 0 Å². The predicted octanol–water partition coefficient (Wildman–Crippen LogP) is 3.68. The molecule has 0 amide bonds. The number of hydrogen-bond acceptors (Lipinski definition) is 1. The Labute approximate surface area is 102 Å². The van der Waals surface area contributed by atoms with Crippen molar-refractivity contribution < 1.29 is 0 Å². The summed E-state index contributed by atoms with van der Waals surface area (Å²) in [6, 6.07) is 10.7. The van der Waals surface area contributed by atoms with Gasteiger partial charge in [0.1, 0.15) is 0 Å². The lowest BCUT2D eigenvalue weighted by Gasteiger charge is -2.16. The topological polar surface area (TPSA) is 3.24 Å². The number of aryl methyl sites for hydroxylation is 1. The minimum Gasteiger partial charge on any atom is -0.294 e. The summed E-state index contributed by atoms with van der Waals surface area (Å²) < 4.78 is 0. The van der Waals surface area contributed by atoms with E-state index in [9.17, 15) is 0 Å². The predicted molar refractivity (Wildman–Crippen MR) is 70.4 cm³/mol. The Bertz CT molecular complexity index is 244. The van der Waals surface area contributed by atoms with E-state index in [1.165, 1.54) is 31.4 Å². The first-order valence-electron chi connectivity index (χ1n) is 5.69. The molecule has 84 valence electrons. The molecule has 0 aromatic heterocycles. The van der Waals surface area contributed by atoms with Crippen LogP contribution < -0.4 is 0 Å². The van der Waals surface area contributed by atoms with Crippen molar-refractivity contribution in [1.82, 2.24) is 4.90 Å². The lowest BCUT2D eigenvalue weighted by Crippen LogP contribution is -2.22. The van der Waals surface area contributed by atoms with Crippen LogP contribution in [0.5, 0.6) is 0 Å². The number of rotatable bonds is 7. The Morgan fingerprint density at radius 1 is 1.13 bits per heavy atom. The van der Waals surface area contributed by atoms with Crippen LogP contribution in [0.2, 0.25) is 0 Å². The van der Waals surface area contributed by atoms with Crippen LogP contribution in [0, 0.1) is 0 Å². The second kappa shape index (κ2) is 7.89. The minimum absolute atomic E-state index is 0.995. The zero-order valence-corrected chi connectivity index (χ0v) is 11.0. The molecule has 0 heterocycles. The number of halogens is 1. The molecule has 0 aliphatic carbocycles. The third-order valence-corrected chi connectivity index (χ3v) is 3.36. The van der Waals surface area contributed by atoms with Crippen LogP contribution >= 0.6 is 15.9 Å². The van der Waals surface area contributed by atoms with Crippen LogP contribution in [0.3, 0.4) is 0 Å². The highest BCUT2D eigenvalue weighted by Crippen LogP contribution is 2.05. The van der Waals surface area contributed by atoms with Gasteiger partial charge >= 0.3 is 0 Å². The normalized spacial score (nSPS) is 10.9. The van der Waals surface area contributed by atoms with Crippen molar-refractivity contribution in [3.8, 4) is 0 Å². The summed E-state index contributed by atoms with van der Waals surface area (Å²) in [5.74, 6) is 0. The average Bonchev–Trinajstić information content (AvgIpc) is 2.31. The molecule has 0 fully saturated rings. The van der Waals surface area contributed by atoms with Gasteiger partial charge in [-0.2, -0.15) is 0 Å². The zero-order valence-electron chi connectivity index (χ0n) is 9.45. The van der Waals surface area contributed by atoms with Gasteiger partial charge in [-0.05, 0) is 37.9 Å². The number of nitrogens with zero attached hydrogens (tertiary/aromatic N) is 1. The van der Waals surface area contributed by atoms with Crippen LogP contribution in [0.25, 0.3) is 0 Å². The molecule has 0 atom stereocenters. The number of hydrogen-bond donors (Lipinski definition) is 0. The van der Waals surface area contributed by atoms with Gasteiger partial charge < -0.3 is 0 Å². The molecule has 0 N–H and O–H groups in total. The van der Waals surface area contributed by atoms with Crippen molar-refractivity contribution in [1.29, 1.82) is 0 Å². The molecule has 2 heteroatoms. The highest BCUT2D eigenvalue weighted by atomic mass is 79.9. The molecule has 0 spiro atoms. The quantitative estimate of drug-likeness (QED) is 0.415. The fourth-order valence-corrected chi connectivity index (χ4v) is 2.22. The average molecular weight is 270 g/mol. The molecule has 0 saturated carbocycles. The summed E-state index contributed by atoms with van der Waals surface area (Å²) in [5.41, 5.74) is 2.45. The van der Waals surface area contributed by atoms with Crippen molar-refractivity contribution in [2.45, 2.75) is 26.2 Å². The van der Waals surface area contributed by atoms with E-state index >= 15 is 0 Å². The molecule has 15 heavy (non-hydrogen) atoms. The second-order valence-corrected chi connectivity index (χ2v) is 4.27.